The Labute approximate surface area is 192 Å². The summed E-state index contributed by atoms with van der Waals surface area (Å²) in [5.74, 6) is -1.06. The van der Waals surface area contributed by atoms with Crippen LogP contribution in [-0.2, 0) is 6.54 Å². The molecule has 3 aromatic heterocycles. The van der Waals surface area contributed by atoms with Crippen LogP contribution in [0.15, 0.2) is 60.0 Å². The zero-order chi connectivity index (χ0) is 24.1. The molecule has 4 N–H and O–H groups in total. The van der Waals surface area contributed by atoms with Gasteiger partial charge in [-0.05, 0) is 42.0 Å². The monoisotopic (exact) mass is 467 g/mol. The van der Waals surface area contributed by atoms with E-state index in [0.717, 1.165) is 28.9 Å². The lowest BCUT2D eigenvalue weighted by Crippen LogP contribution is -2.16. The van der Waals surface area contributed by atoms with E-state index < -0.39 is 18.1 Å². The summed E-state index contributed by atoms with van der Waals surface area (Å²) in [4.78, 5) is 28.0. The van der Waals surface area contributed by atoms with E-state index in [2.05, 4.69) is 35.9 Å². The van der Waals surface area contributed by atoms with Crippen molar-refractivity contribution >= 4 is 46.0 Å². The Balaban J connectivity index is 1.54. The van der Waals surface area contributed by atoms with Gasteiger partial charge in [0, 0.05) is 37.1 Å². The summed E-state index contributed by atoms with van der Waals surface area (Å²) in [5.41, 5.74) is 2.73. The Morgan fingerprint density at radius 3 is 2.85 bits per heavy atom. The zero-order valence-electron chi connectivity index (χ0n) is 17.9. The van der Waals surface area contributed by atoms with Crippen LogP contribution in [0.4, 0.5) is 36.1 Å². The quantitative estimate of drug-likeness (QED) is 0.274. The SMILES string of the molecule is CNc1cc(NC(=O)c2cc(F)cnc2NCc2ccnc3[nH]ccc23)ccc1N=CC(F)F. The number of aromatic nitrogens is 3. The molecule has 34 heavy (non-hydrogen) atoms. The number of alkyl halides is 2. The first-order chi connectivity index (χ1) is 16.4. The van der Waals surface area contributed by atoms with Crippen LogP contribution in [0.25, 0.3) is 11.0 Å². The van der Waals surface area contributed by atoms with Crippen molar-refractivity contribution in [1.82, 2.24) is 15.0 Å². The van der Waals surface area contributed by atoms with Gasteiger partial charge in [0.1, 0.15) is 17.3 Å². The molecule has 0 atom stereocenters. The first-order valence-electron chi connectivity index (χ1n) is 10.2. The molecule has 1 aromatic carbocycles. The number of nitrogens with one attached hydrogen (secondary N) is 4. The molecule has 11 heteroatoms. The van der Waals surface area contributed by atoms with Gasteiger partial charge in [0.05, 0.1) is 29.3 Å². The highest BCUT2D eigenvalue weighted by Crippen LogP contribution is 2.29. The Morgan fingerprint density at radius 1 is 1.21 bits per heavy atom. The van der Waals surface area contributed by atoms with E-state index in [4.69, 9.17) is 0 Å². The maximum Gasteiger partial charge on any atom is 0.273 e. The first-order valence-corrected chi connectivity index (χ1v) is 10.2. The van der Waals surface area contributed by atoms with Crippen LogP contribution < -0.4 is 16.0 Å². The fourth-order valence-electron chi connectivity index (χ4n) is 3.37. The van der Waals surface area contributed by atoms with Gasteiger partial charge in [-0.3, -0.25) is 9.79 Å². The lowest BCUT2D eigenvalue weighted by atomic mass is 10.1. The molecule has 0 bridgehead atoms. The van der Waals surface area contributed by atoms with Gasteiger partial charge >= 0.3 is 0 Å². The van der Waals surface area contributed by atoms with Gasteiger partial charge in [-0.25, -0.2) is 23.1 Å². The van der Waals surface area contributed by atoms with E-state index in [-0.39, 0.29) is 17.1 Å². The Morgan fingerprint density at radius 2 is 2.06 bits per heavy atom. The molecular formula is C23H20F3N7O. The maximum absolute atomic E-state index is 13.9. The Kier molecular flexibility index (Phi) is 6.72. The highest BCUT2D eigenvalue weighted by Gasteiger charge is 2.16. The minimum atomic E-state index is -2.68. The maximum atomic E-state index is 13.9. The Bertz CT molecular complexity index is 1350. The van der Waals surface area contributed by atoms with Gasteiger partial charge in [-0.1, -0.05) is 0 Å². The molecule has 0 saturated carbocycles. The molecule has 4 aromatic rings. The lowest BCUT2D eigenvalue weighted by molar-refractivity contribution is 0.102. The number of H-pyrrole nitrogens is 1. The van der Waals surface area contributed by atoms with Crippen molar-refractivity contribution in [2.75, 3.05) is 23.0 Å². The topological polar surface area (TPSA) is 107 Å². The summed E-state index contributed by atoms with van der Waals surface area (Å²) < 4.78 is 38.8. The minimum absolute atomic E-state index is 0.00479. The van der Waals surface area contributed by atoms with Gasteiger partial charge in [0.25, 0.3) is 12.3 Å². The summed E-state index contributed by atoms with van der Waals surface area (Å²) in [6.45, 7) is 0.330. The van der Waals surface area contributed by atoms with Crippen LogP contribution in [0.5, 0.6) is 0 Å². The minimum Gasteiger partial charge on any atom is -0.386 e. The van der Waals surface area contributed by atoms with E-state index in [1.165, 1.54) is 18.2 Å². The Hall–Kier alpha value is -4.41. The number of rotatable bonds is 8. The molecule has 0 aliphatic heterocycles. The summed E-state index contributed by atoms with van der Waals surface area (Å²) in [7, 11) is 1.60. The third-order valence-corrected chi connectivity index (χ3v) is 4.95. The number of amides is 1. The molecule has 0 radical (unpaired) electrons. The predicted molar refractivity (Wildman–Crippen MR) is 126 cm³/mol. The molecule has 4 rings (SSSR count). The number of aromatic amines is 1. The molecule has 174 valence electrons. The third-order valence-electron chi connectivity index (χ3n) is 4.95. The van der Waals surface area contributed by atoms with E-state index in [1.807, 2.05) is 12.1 Å². The second kappa shape index (κ2) is 10.0. The van der Waals surface area contributed by atoms with E-state index >= 15 is 0 Å². The molecule has 1 amide bonds. The number of nitrogens with zero attached hydrogens (tertiary/aromatic N) is 3. The van der Waals surface area contributed by atoms with Crippen molar-refractivity contribution in [3.05, 3.63) is 71.9 Å². The fourth-order valence-corrected chi connectivity index (χ4v) is 3.37. The van der Waals surface area contributed by atoms with Gasteiger partial charge in [-0.15, -0.1) is 0 Å². The lowest BCUT2D eigenvalue weighted by Gasteiger charge is -2.13. The van der Waals surface area contributed by atoms with Crippen molar-refractivity contribution in [2.24, 2.45) is 4.99 Å². The number of fused-ring (bicyclic) bond motifs is 1. The van der Waals surface area contributed by atoms with Crippen molar-refractivity contribution in [3.63, 3.8) is 0 Å². The average Bonchev–Trinajstić information content (AvgIpc) is 3.31. The second-order valence-electron chi connectivity index (χ2n) is 7.16. The van der Waals surface area contributed by atoms with Crippen LogP contribution in [0.3, 0.4) is 0 Å². The predicted octanol–water partition coefficient (Wildman–Crippen LogP) is 4.97. The highest BCUT2D eigenvalue weighted by molar-refractivity contribution is 6.07. The van der Waals surface area contributed by atoms with Gasteiger partial charge < -0.3 is 20.9 Å². The van der Waals surface area contributed by atoms with Gasteiger partial charge in [-0.2, -0.15) is 0 Å². The normalized spacial score (nSPS) is 11.3. The smallest absolute Gasteiger partial charge is 0.273 e. The molecule has 0 aliphatic carbocycles. The van der Waals surface area contributed by atoms with Crippen LogP contribution in [0.2, 0.25) is 0 Å². The van der Waals surface area contributed by atoms with Crippen molar-refractivity contribution in [1.29, 1.82) is 0 Å². The third kappa shape index (κ3) is 5.14. The van der Waals surface area contributed by atoms with Crippen LogP contribution in [0.1, 0.15) is 15.9 Å². The number of pyridine rings is 2. The van der Waals surface area contributed by atoms with Crippen LogP contribution in [-0.4, -0.2) is 40.5 Å². The van der Waals surface area contributed by atoms with Crippen molar-refractivity contribution < 1.29 is 18.0 Å². The number of hydrogen-bond donors (Lipinski definition) is 4. The molecule has 0 saturated heterocycles. The molecule has 0 fully saturated rings. The van der Waals surface area contributed by atoms with Crippen molar-refractivity contribution in [2.45, 2.75) is 13.0 Å². The molecule has 3 heterocycles. The zero-order valence-corrected chi connectivity index (χ0v) is 17.9. The molecule has 0 spiro atoms. The number of halogens is 3. The summed E-state index contributed by atoms with van der Waals surface area (Å²) in [6, 6.07) is 9.34. The number of hydrogen-bond acceptors (Lipinski definition) is 6. The first kappa shape index (κ1) is 22.8. The summed E-state index contributed by atoms with van der Waals surface area (Å²) in [5, 5.41) is 9.51. The fraction of sp³-hybridized carbons (Fsp3) is 0.130. The number of anilines is 3. The number of aliphatic imine (C=N–C) groups is 1. The van der Waals surface area contributed by atoms with E-state index in [9.17, 15) is 18.0 Å². The van der Waals surface area contributed by atoms with Crippen LogP contribution >= 0.6 is 0 Å². The molecule has 8 nitrogen and oxygen atoms in total. The number of carbonyl (C=O) groups is 1. The second-order valence-corrected chi connectivity index (χ2v) is 7.16. The molecule has 0 unspecified atom stereocenters. The average molecular weight is 467 g/mol. The molecule has 0 aliphatic rings. The van der Waals surface area contributed by atoms with Crippen LogP contribution in [0, 0.1) is 5.82 Å². The number of carbonyl (C=O) groups excluding carboxylic acids is 1. The van der Waals surface area contributed by atoms with E-state index in [0.29, 0.717) is 24.1 Å². The largest absolute Gasteiger partial charge is 0.386 e. The van der Waals surface area contributed by atoms with Gasteiger partial charge in [0.2, 0.25) is 0 Å². The summed E-state index contributed by atoms with van der Waals surface area (Å²) in [6.07, 6.45) is 2.30. The summed E-state index contributed by atoms with van der Waals surface area (Å²) >= 11 is 0. The highest BCUT2D eigenvalue weighted by atomic mass is 19.3. The van der Waals surface area contributed by atoms with Gasteiger partial charge in [0.15, 0.2) is 0 Å². The molecular weight excluding hydrogens is 447 g/mol. The van der Waals surface area contributed by atoms with Crippen molar-refractivity contribution in [3.8, 4) is 0 Å². The van der Waals surface area contributed by atoms with E-state index in [1.54, 1.807) is 19.4 Å². The number of benzene rings is 1. The standard InChI is InChI=1S/C23H20F3N7O/c1-27-19-9-15(2-3-18(19)30-12-20(25)26)33-23(34)17-8-14(24)11-32-22(17)31-10-13-4-6-28-21-16(13)5-7-29-21/h2-9,11-12,20,27H,10H2,1H3,(H,28,29)(H,31,32)(H,33,34).